The second-order valence-corrected chi connectivity index (χ2v) is 20.4. The molecule has 0 saturated heterocycles. The molecule has 0 aliphatic heterocycles. The lowest BCUT2D eigenvalue weighted by Crippen LogP contribution is -2.45. The van der Waals surface area contributed by atoms with Crippen molar-refractivity contribution in [3.05, 3.63) is 24.3 Å². The minimum absolute atomic E-state index is 0.0578. The molecule has 0 aromatic rings. The van der Waals surface area contributed by atoms with Crippen LogP contribution in [0.4, 0.5) is 0 Å². The molecule has 0 radical (unpaired) electrons. The van der Waals surface area contributed by atoms with Gasteiger partial charge < -0.3 is 19.8 Å². The zero-order valence-electron chi connectivity index (χ0n) is 40.5. The highest BCUT2D eigenvalue weighted by Crippen LogP contribution is 2.43. The lowest BCUT2D eigenvalue weighted by Gasteiger charge is -2.25. The number of quaternary nitrogens is 1. The maximum absolute atomic E-state index is 12.7. The average molecular weight is 870 g/mol. The first-order chi connectivity index (χ1) is 29.0. The molecule has 60 heavy (non-hydrogen) atoms. The van der Waals surface area contributed by atoms with Crippen molar-refractivity contribution < 1.29 is 32.9 Å². The predicted octanol–water partition coefficient (Wildman–Crippen LogP) is 14.9. The van der Waals surface area contributed by atoms with E-state index in [2.05, 4.69) is 31.3 Å². The van der Waals surface area contributed by atoms with Gasteiger partial charge in [-0.15, -0.1) is 0 Å². The summed E-state index contributed by atoms with van der Waals surface area (Å²) in [6, 6.07) is -0.857. The number of carbonyl (C=O) groups excluding carboxylic acids is 1. The van der Waals surface area contributed by atoms with Crippen molar-refractivity contribution in [2.75, 3.05) is 40.9 Å². The summed E-state index contributed by atoms with van der Waals surface area (Å²) in [7, 11) is 1.56. The van der Waals surface area contributed by atoms with Crippen molar-refractivity contribution in [3.63, 3.8) is 0 Å². The molecule has 0 rings (SSSR count). The zero-order chi connectivity index (χ0) is 44.3. The summed E-state index contributed by atoms with van der Waals surface area (Å²) >= 11 is 0. The number of nitrogens with zero attached hydrogens (tertiary/aromatic N) is 1. The Morgan fingerprint density at radius 1 is 0.550 bits per heavy atom. The topological polar surface area (TPSA) is 105 Å². The summed E-state index contributed by atoms with van der Waals surface area (Å²) in [5.74, 6) is -0.192. The number of aliphatic hydroxyl groups is 1. The summed E-state index contributed by atoms with van der Waals surface area (Å²) in [5.41, 5.74) is 0. The van der Waals surface area contributed by atoms with Crippen molar-refractivity contribution >= 4 is 13.7 Å². The molecule has 356 valence electrons. The predicted molar refractivity (Wildman–Crippen MR) is 258 cm³/mol. The Hall–Kier alpha value is -1.02. The van der Waals surface area contributed by atoms with E-state index in [4.69, 9.17) is 9.05 Å². The van der Waals surface area contributed by atoms with Gasteiger partial charge >= 0.3 is 7.82 Å². The largest absolute Gasteiger partial charge is 0.472 e. The number of hydrogen-bond acceptors (Lipinski definition) is 5. The van der Waals surface area contributed by atoms with Crippen molar-refractivity contribution in [2.24, 2.45) is 0 Å². The molecule has 9 heteroatoms. The molecule has 0 aromatic carbocycles. The number of aliphatic hydroxyl groups excluding tert-OH is 1. The standard InChI is InChI=1S/C51H101N2O6P/c1-6-8-10-12-14-15-16-17-18-19-20-21-22-23-24-25-26-27-28-29-30-31-32-33-34-35-36-37-39-40-42-44-50(54)49(48-59-60(56,57)58-47-46-53(3,4)5)52-51(55)45-43-41-38-13-11-9-7-2/h36-37,42,44,49-50,54H,6-35,38-41,43,45-48H2,1-5H3,(H-,52,55,56,57)/p+1/b37-36+,44-42+. The Morgan fingerprint density at radius 2 is 0.917 bits per heavy atom. The minimum Gasteiger partial charge on any atom is -0.387 e. The molecule has 0 aliphatic rings. The fraction of sp³-hybridized carbons (Fsp3) is 0.902. The van der Waals surface area contributed by atoms with Crippen molar-refractivity contribution in [3.8, 4) is 0 Å². The van der Waals surface area contributed by atoms with E-state index in [9.17, 15) is 19.4 Å². The van der Waals surface area contributed by atoms with Crippen molar-refractivity contribution in [2.45, 2.75) is 257 Å². The molecule has 0 aromatic heterocycles. The molecule has 0 fully saturated rings. The third-order valence-electron chi connectivity index (χ3n) is 11.7. The van der Waals surface area contributed by atoms with Crippen LogP contribution < -0.4 is 5.32 Å². The van der Waals surface area contributed by atoms with E-state index < -0.39 is 20.0 Å². The molecule has 0 saturated carbocycles. The van der Waals surface area contributed by atoms with E-state index in [1.807, 2.05) is 27.2 Å². The van der Waals surface area contributed by atoms with Crippen molar-refractivity contribution in [1.29, 1.82) is 0 Å². The van der Waals surface area contributed by atoms with Gasteiger partial charge in [-0.2, -0.15) is 0 Å². The monoisotopic (exact) mass is 870 g/mol. The van der Waals surface area contributed by atoms with Crippen LogP contribution in [0.3, 0.4) is 0 Å². The van der Waals surface area contributed by atoms with Gasteiger partial charge in [0, 0.05) is 6.42 Å². The lowest BCUT2D eigenvalue weighted by atomic mass is 10.0. The summed E-state index contributed by atoms with van der Waals surface area (Å²) < 4.78 is 23.5. The molecule has 1 amide bonds. The van der Waals surface area contributed by atoms with Crippen LogP contribution in [0.2, 0.25) is 0 Å². The molecule has 8 nitrogen and oxygen atoms in total. The molecule has 3 atom stereocenters. The van der Waals surface area contributed by atoms with Gasteiger partial charge in [0.1, 0.15) is 13.2 Å². The molecule has 0 aliphatic carbocycles. The number of phosphoric ester groups is 1. The maximum atomic E-state index is 12.7. The van der Waals surface area contributed by atoms with E-state index in [1.165, 1.54) is 186 Å². The van der Waals surface area contributed by atoms with Gasteiger partial charge in [-0.25, -0.2) is 4.57 Å². The smallest absolute Gasteiger partial charge is 0.387 e. The van der Waals surface area contributed by atoms with Crippen LogP contribution in [-0.2, 0) is 18.4 Å². The first kappa shape index (κ1) is 59.0. The summed E-state index contributed by atoms with van der Waals surface area (Å²) in [6.45, 7) is 4.76. The van der Waals surface area contributed by atoms with Gasteiger partial charge in [0.25, 0.3) is 0 Å². The number of carbonyl (C=O) groups is 1. The number of allylic oxidation sites excluding steroid dienone is 3. The normalized spacial score (nSPS) is 14.3. The molecule has 0 heterocycles. The Morgan fingerprint density at radius 3 is 1.33 bits per heavy atom. The molecular weight excluding hydrogens is 768 g/mol. The molecular formula is C51H102N2O6P+. The third kappa shape index (κ3) is 45.0. The average Bonchev–Trinajstić information content (AvgIpc) is 3.20. The van der Waals surface area contributed by atoms with Crippen LogP contribution in [0.15, 0.2) is 24.3 Å². The second kappa shape index (κ2) is 43.2. The van der Waals surface area contributed by atoms with Crippen LogP contribution in [0, 0.1) is 0 Å². The Kier molecular flexibility index (Phi) is 42.5. The second-order valence-electron chi connectivity index (χ2n) is 18.9. The van der Waals surface area contributed by atoms with E-state index in [0.717, 1.165) is 38.5 Å². The van der Waals surface area contributed by atoms with E-state index in [-0.39, 0.29) is 19.1 Å². The lowest BCUT2D eigenvalue weighted by molar-refractivity contribution is -0.870. The SMILES string of the molecule is CCCCCCCCCCCCCCCCCCCCCCCCCCC/C=C/CC/C=C/C(O)C(COP(=O)(O)OCC[N+](C)(C)C)NC(=O)CCCCCCCCC. The Bertz CT molecular complexity index is 1030. The number of unbranched alkanes of at least 4 members (excludes halogenated alkanes) is 32. The van der Waals surface area contributed by atoms with Gasteiger partial charge in [-0.3, -0.25) is 13.8 Å². The van der Waals surface area contributed by atoms with Crippen LogP contribution in [0.5, 0.6) is 0 Å². The number of amides is 1. The fourth-order valence-corrected chi connectivity index (χ4v) is 8.32. The summed E-state index contributed by atoms with van der Waals surface area (Å²) in [5, 5.41) is 13.8. The fourth-order valence-electron chi connectivity index (χ4n) is 7.59. The number of nitrogens with one attached hydrogen (secondary N) is 1. The molecule has 3 N–H and O–H groups in total. The highest BCUT2D eigenvalue weighted by molar-refractivity contribution is 7.47. The Labute approximate surface area is 373 Å². The van der Waals surface area contributed by atoms with Gasteiger partial charge in [-0.05, 0) is 32.1 Å². The Balaban J connectivity index is 4.00. The number of likely N-dealkylation sites (N-methyl/N-ethyl adjacent to an activating group) is 1. The summed E-state index contributed by atoms with van der Waals surface area (Å²) in [4.78, 5) is 23.0. The van der Waals surface area contributed by atoms with Crippen LogP contribution in [-0.4, -0.2) is 73.4 Å². The van der Waals surface area contributed by atoms with Gasteiger partial charge in [-0.1, -0.05) is 231 Å². The molecule has 3 unspecified atom stereocenters. The number of rotatable bonds is 47. The van der Waals surface area contributed by atoms with Crippen LogP contribution in [0.25, 0.3) is 0 Å². The molecule has 0 spiro atoms. The highest BCUT2D eigenvalue weighted by atomic mass is 31.2. The zero-order valence-corrected chi connectivity index (χ0v) is 41.4. The maximum Gasteiger partial charge on any atom is 0.472 e. The van der Waals surface area contributed by atoms with Gasteiger partial charge in [0.15, 0.2) is 0 Å². The first-order valence-corrected chi connectivity index (χ1v) is 27.2. The van der Waals surface area contributed by atoms with E-state index in [1.54, 1.807) is 6.08 Å². The quantitative estimate of drug-likeness (QED) is 0.0243. The van der Waals surface area contributed by atoms with E-state index in [0.29, 0.717) is 17.4 Å². The highest BCUT2D eigenvalue weighted by Gasteiger charge is 2.27. The van der Waals surface area contributed by atoms with Gasteiger partial charge in [0.05, 0.1) is 39.9 Å². The third-order valence-corrected chi connectivity index (χ3v) is 12.7. The van der Waals surface area contributed by atoms with Crippen molar-refractivity contribution in [1.82, 2.24) is 5.32 Å². The summed E-state index contributed by atoms with van der Waals surface area (Å²) in [6.07, 6.45) is 53.2. The van der Waals surface area contributed by atoms with Crippen LogP contribution in [0.1, 0.15) is 245 Å². The van der Waals surface area contributed by atoms with Gasteiger partial charge in [0.2, 0.25) is 5.91 Å². The van der Waals surface area contributed by atoms with Crippen LogP contribution >= 0.6 is 7.82 Å². The van der Waals surface area contributed by atoms with E-state index >= 15 is 0 Å². The number of phosphoric acid groups is 1. The number of hydrogen-bond donors (Lipinski definition) is 3. The first-order valence-electron chi connectivity index (χ1n) is 25.7. The molecule has 0 bridgehead atoms. The minimum atomic E-state index is -4.34.